The predicted octanol–water partition coefficient (Wildman–Crippen LogP) is 1.50. The molecule has 1 aromatic carbocycles. The highest BCUT2D eigenvalue weighted by Gasteiger charge is 2.05. The number of alkyl halides is 1. The van der Waals surface area contributed by atoms with Gasteiger partial charge in [0, 0.05) is 25.0 Å². The lowest BCUT2D eigenvalue weighted by Crippen LogP contribution is -2.40. The first-order valence-corrected chi connectivity index (χ1v) is 4.90. The normalized spacial score (nSPS) is 10.2. The topological polar surface area (TPSA) is 32.3 Å². The van der Waals surface area contributed by atoms with Crippen LogP contribution in [0.25, 0.3) is 0 Å². The van der Waals surface area contributed by atoms with Crippen molar-refractivity contribution in [2.24, 2.45) is 0 Å². The van der Waals surface area contributed by atoms with Crippen molar-refractivity contribution >= 4 is 17.5 Å². The van der Waals surface area contributed by atoms with E-state index >= 15 is 0 Å². The zero-order valence-corrected chi connectivity index (χ0v) is 8.79. The minimum absolute atomic E-state index is 0.113. The summed E-state index contributed by atoms with van der Waals surface area (Å²) in [5, 5.41) is 1.67. The van der Waals surface area contributed by atoms with Crippen molar-refractivity contribution < 1.29 is 4.79 Å². The summed E-state index contributed by atoms with van der Waals surface area (Å²) in [7, 11) is 1.78. The summed E-state index contributed by atoms with van der Waals surface area (Å²) in [6, 6.07) is 9.07. The summed E-state index contributed by atoms with van der Waals surface area (Å²) in [5.41, 5.74) is 3.35. The first kappa shape index (κ1) is 11.0. The molecule has 0 unspecified atom stereocenters. The molecule has 1 amide bonds. The lowest BCUT2D eigenvalue weighted by atomic mass is 10.2. The molecule has 0 aliphatic heterocycles. The Morgan fingerprint density at radius 1 is 1.43 bits per heavy atom. The number of carbonyl (C=O) groups is 1. The summed E-state index contributed by atoms with van der Waals surface area (Å²) in [5.74, 6) is 0.379. The predicted molar refractivity (Wildman–Crippen MR) is 57.3 cm³/mol. The Kier molecular flexibility index (Phi) is 4.43. The lowest BCUT2D eigenvalue weighted by Gasteiger charge is -2.16. The van der Waals surface area contributed by atoms with Crippen LogP contribution in [0.2, 0.25) is 0 Å². The van der Waals surface area contributed by atoms with E-state index in [0.29, 0.717) is 18.0 Å². The number of carbonyl (C=O) groups excluding carboxylic acids is 1. The SMILES string of the molecule is CN(CCCl)NC(=O)c1ccccc1. The molecule has 0 saturated heterocycles. The van der Waals surface area contributed by atoms with Crippen LogP contribution < -0.4 is 5.43 Å². The van der Waals surface area contributed by atoms with Gasteiger partial charge in [0.2, 0.25) is 0 Å². The number of hydrazine groups is 1. The zero-order valence-electron chi connectivity index (χ0n) is 8.03. The van der Waals surface area contributed by atoms with Crippen LogP contribution in [0.4, 0.5) is 0 Å². The smallest absolute Gasteiger partial charge is 0.265 e. The van der Waals surface area contributed by atoms with Crippen LogP contribution >= 0.6 is 11.6 Å². The molecule has 1 aromatic rings. The Hall–Kier alpha value is -1.06. The van der Waals surface area contributed by atoms with Gasteiger partial charge in [-0.25, -0.2) is 5.01 Å². The van der Waals surface area contributed by atoms with Crippen LogP contribution in [0.5, 0.6) is 0 Å². The summed E-state index contributed by atoms with van der Waals surface area (Å²) in [6.07, 6.45) is 0. The van der Waals surface area contributed by atoms with E-state index in [0.717, 1.165) is 0 Å². The molecule has 14 heavy (non-hydrogen) atoms. The number of nitrogens with zero attached hydrogens (tertiary/aromatic N) is 1. The largest absolute Gasteiger partial charge is 0.285 e. The van der Waals surface area contributed by atoms with Crippen molar-refractivity contribution in [3.63, 3.8) is 0 Å². The van der Waals surface area contributed by atoms with Gasteiger partial charge in [0.25, 0.3) is 5.91 Å². The second-order valence-corrected chi connectivity index (χ2v) is 3.30. The molecule has 0 aliphatic rings. The van der Waals surface area contributed by atoms with Crippen molar-refractivity contribution in [2.45, 2.75) is 0 Å². The fraction of sp³-hybridized carbons (Fsp3) is 0.300. The maximum Gasteiger partial charge on any atom is 0.265 e. The molecule has 0 spiro atoms. The van der Waals surface area contributed by atoms with Crippen LogP contribution in [-0.4, -0.2) is 30.4 Å². The van der Waals surface area contributed by atoms with Crippen LogP contribution in [0, 0.1) is 0 Å². The molecule has 76 valence electrons. The molecular weight excluding hydrogens is 200 g/mol. The maximum absolute atomic E-state index is 11.5. The quantitative estimate of drug-likeness (QED) is 0.606. The van der Waals surface area contributed by atoms with Gasteiger partial charge < -0.3 is 0 Å². The van der Waals surface area contributed by atoms with Crippen LogP contribution in [0.3, 0.4) is 0 Å². The van der Waals surface area contributed by atoms with Gasteiger partial charge in [-0.15, -0.1) is 11.6 Å². The summed E-state index contributed by atoms with van der Waals surface area (Å²) in [6.45, 7) is 0.625. The molecule has 0 heterocycles. The van der Waals surface area contributed by atoms with E-state index in [1.54, 1.807) is 24.2 Å². The zero-order chi connectivity index (χ0) is 10.4. The van der Waals surface area contributed by atoms with Gasteiger partial charge in [-0.05, 0) is 12.1 Å². The van der Waals surface area contributed by atoms with Crippen molar-refractivity contribution in [1.29, 1.82) is 0 Å². The Balaban J connectivity index is 2.51. The molecule has 0 fully saturated rings. The monoisotopic (exact) mass is 212 g/mol. The summed E-state index contributed by atoms with van der Waals surface area (Å²) in [4.78, 5) is 11.5. The van der Waals surface area contributed by atoms with Gasteiger partial charge in [0.15, 0.2) is 0 Å². The van der Waals surface area contributed by atoms with Crippen LogP contribution in [-0.2, 0) is 0 Å². The molecule has 3 nitrogen and oxygen atoms in total. The summed E-state index contributed by atoms with van der Waals surface area (Å²) >= 11 is 5.53. The Morgan fingerprint density at radius 2 is 2.07 bits per heavy atom. The van der Waals surface area contributed by atoms with Gasteiger partial charge in [-0.3, -0.25) is 10.2 Å². The molecule has 4 heteroatoms. The molecule has 0 bridgehead atoms. The number of nitrogens with one attached hydrogen (secondary N) is 1. The van der Waals surface area contributed by atoms with Gasteiger partial charge in [0.1, 0.15) is 0 Å². The van der Waals surface area contributed by atoms with Crippen LogP contribution in [0.15, 0.2) is 30.3 Å². The standard InChI is InChI=1S/C10H13ClN2O/c1-13(8-7-11)12-10(14)9-5-3-2-4-6-9/h2-6H,7-8H2,1H3,(H,12,14). The third-order valence-electron chi connectivity index (χ3n) is 1.75. The molecule has 0 aliphatic carbocycles. The average Bonchev–Trinajstić information content (AvgIpc) is 2.19. The second kappa shape index (κ2) is 5.62. The van der Waals surface area contributed by atoms with E-state index < -0.39 is 0 Å². The Bertz CT molecular complexity index is 289. The van der Waals surface area contributed by atoms with E-state index in [1.165, 1.54) is 0 Å². The van der Waals surface area contributed by atoms with Crippen molar-refractivity contribution in [1.82, 2.24) is 10.4 Å². The molecule has 0 atom stereocenters. The number of hydrogen-bond donors (Lipinski definition) is 1. The van der Waals surface area contributed by atoms with Gasteiger partial charge in [-0.2, -0.15) is 0 Å². The third kappa shape index (κ3) is 3.36. The minimum atomic E-state index is -0.113. The van der Waals surface area contributed by atoms with Crippen molar-refractivity contribution in [2.75, 3.05) is 19.5 Å². The highest BCUT2D eigenvalue weighted by Crippen LogP contribution is 1.97. The fourth-order valence-electron chi connectivity index (χ4n) is 1.01. The number of rotatable bonds is 4. The van der Waals surface area contributed by atoms with Crippen molar-refractivity contribution in [3.8, 4) is 0 Å². The molecule has 0 radical (unpaired) electrons. The van der Waals surface area contributed by atoms with Crippen molar-refractivity contribution in [3.05, 3.63) is 35.9 Å². The van der Waals surface area contributed by atoms with E-state index in [9.17, 15) is 4.79 Å². The first-order valence-electron chi connectivity index (χ1n) is 4.37. The van der Waals surface area contributed by atoms with Gasteiger partial charge in [0.05, 0.1) is 0 Å². The average molecular weight is 213 g/mol. The number of halogens is 1. The van der Waals surface area contributed by atoms with Gasteiger partial charge >= 0.3 is 0 Å². The van der Waals surface area contributed by atoms with Crippen LogP contribution in [0.1, 0.15) is 10.4 Å². The van der Waals surface area contributed by atoms with Gasteiger partial charge in [-0.1, -0.05) is 18.2 Å². The summed E-state index contributed by atoms with van der Waals surface area (Å²) < 4.78 is 0. The Morgan fingerprint density at radius 3 is 2.64 bits per heavy atom. The first-order chi connectivity index (χ1) is 6.74. The number of amides is 1. The van der Waals surface area contributed by atoms with E-state index in [1.807, 2.05) is 18.2 Å². The minimum Gasteiger partial charge on any atom is -0.285 e. The Labute approximate surface area is 88.6 Å². The lowest BCUT2D eigenvalue weighted by molar-refractivity contribution is 0.0836. The van der Waals surface area contributed by atoms with E-state index in [2.05, 4.69) is 5.43 Å². The maximum atomic E-state index is 11.5. The molecule has 0 aromatic heterocycles. The van der Waals surface area contributed by atoms with E-state index in [4.69, 9.17) is 11.6 Å². The number of benzene rings is 1. The highest BCUT2D eigenvalue weighted by molar-refractivity contribution is 6.18. The molecular formula is C10H13ClN2O. The molecule has 0 saturated carbocycles. The second-order valence-electron chi connectivity index (χ2n) is 2.92. The highest BCUT2D eigenvalue weighted by atomic mass is 35.5. The molecule has 1 N–H and O–H groups in total. The fourth-order valence-corrected chi connectivity index (χ4v) is 1.26. The molecule has 1 rings (SSSR count). The van der Waals surface area contributed by atoms with E-state index in [-0.39, 0.29) is 5.91 Å². The number of hydrogen-bond acceptors (Lipinski definition) is 2. The third-order valence-corrected chi connectivity index (χ3v) is 1.92.